The van der Waals surface area contributed by atoms with Gasteiger partial charge in [-0.05, 0) is 98.8 Å². The second-order valence-corrected chi connectivity index (χ2v) is 25.4. The molecule has 9 rings (SSSR count). The van der Waals surface area contributed by atoms with E-state index in [-0.39, 0.29) is 50.4 Å². The van der Waals surface area contributed by atoms with Gasteiger partial charge in [0.2, 0.25) is 0 Å². The zero-order valence-electron chi connectivity index (χ0n) is 50.1. The summed E-state index contributed by atoms with van der Waals surface area (Å²) in [6, 6.07) is 0. The number of ether oxygens (including phenoxy) is 14. The van der Waals surface area contributed by atoms with Gasteiger partial charge in [-0.15, -0.1) is 0 Å². The summed E-state index contributed by atoms with van der Waals surface area (Å²) in [5.74, 6) is -1.68. The van der Waals surface area contributed by atoms with Crippen molar-refractivity contribution in [2.24, 2.45) is 22.7 Å². The molecule has 30 unspecified atom stereocenters. The largest absolute Gasteiger partial charge is 0.458 e. The van der Waals surface area contributed by atoms with Crippen LogP contribution in [0.25, 0.3) is 0 Å². The number of carbonyl (C=O) groups excluding carboxylic acids is 2. The van der Waals surface area contributed by atoms with Crippen LogP contribution in [0.2, 0.25) is 0 Å². The Labute approximate surface area is 486 Å². The van der Waals surface area contributed by atoms with Gasteiger partial charge in [0.1, 0.15) is 84.1 Å². The highest BCUT2D eigenvalue weighted by molar-refractivity contribution is 5.88. The Morgan fingerprint density at radius 1 is 0.651 bits per heavy atom. The monoisotopic (exact) mass is 1190 g/mol. The quantitative estimate of drug-likeness (QED) is 0.0581. The van der Waals surface area contributed by atoms with E-state index in [1.807, 2.05) is 26.8 Å². The van der Waals surface area contributed by atoms with E-state index >= 15 is 0 Å². The fraction of sp³-hybridized carbons (Fsp3) is 0.898. The summed E-state index contributed by atoms with van der Waals surface area (Å²) in [5, 5.41) is 89.8. The lowest BCUT2D eigenvalue weighted by atomic mass is 9.43. The van der Waals surface area contributed by atoms with E-state index in [1.165, 1.54) is 21.1 Å². The summed E-state index contributed by atoms with van der Waals surface area (Å²) < 4.78 is 86.7. The molecule has 0 radical (unpaired) electrons. The summed E-state index contributed by atoms with van der Waals surface area (Å²) >= 11 is 0. The Morgan fingerprint density at radius 2 is 1.22 bits per heavy atom. The summed E-state index contributed by atoms with van der Waals surface area (Å²) in [4.78, 5) is 26.6. The molecule has 8 N–H and O–H groups in total. The first-order chi connectivity index (χ1) is 39.2. The Kier molecular flexibility index (Phi) is 20.2. The van der Waals surface area contributed by atoms with Crippen molar-refractivity contribution in [2.75, 3.05) is 27.9 Å². The molecule has 0 aromatic rings. The first kappa shape index (κ1) is 65.2. The van der Waals surface area contributed by atoms with Gasteiger partial charge in [0, 0.05) is 63.4 Å². The predicted octanol–water partition coefficient (Wildman–Crippen LogP) is 1.51. The van der Waals surface area contributed by atoms with Crippen molar-refractivity contribution in [1.29, 1.82) is 0 Å². The van der Waals surface area contributed by atoms with Gasteiger partial charge in [-0.2, -0.15) is 0 Å². The molecule has 0 bridgehead atoms. The lowest BCUT2D eigenvalue weighted by Crippen LogP contribution is -2.75. The van der Waals surface area contributed by atoms with Crippen molar-refractivity contribution < 1.29 is 117 Å². The highest BCUT2D eigenvalue weighted by atomic mass is 16.8. The maximum atomic E-state index is 13.4. The van der Waals surface area contributed by atoms with Crippen molar-refractivity contribution in [3.63, 3.8) is 0 Å². The number of ketones is 1. The van der Waals surface area contributed by atoms with Gasteiger partial charge < -0.3 is 107 Å². The van der Waals surface area contributed by atoms with E-state index in [0.717, 1.165) is 5.57 Å². The Morgan fingerprint density at radius 3 is 1.80 bits per heavy atom. The molecule has 0 aromatic carbocycles. The van der Waals surface area contributed by atoms with E-state index in [2.05, 4.69) is 6.92 Å². The zero-order chi connectivity index (χ0) is 60.4. The van der Waals surface area contributed by atoms with Gasteiger partial charge in [0.15, 0.2) is 31.5 Å². The molecular weight excluding hydrogens is 1090 g/mol. The average Bonchev–Trinajstić information content (AvgIpc) is 1.80. The van der Waals surface area contributed by atoms with Crippen LogP contribution >= 0.6 is 0 Å². The van der Waals surface area contributed by atoms with Crippen LogP contribution in [0, 0.1) is 22.7 Å². The standard InChI is InChI=1S/C59H94O24/c1-13-26(2)53(67)79-40-24-39-56(8)17-15-33(20-32(56)14-18-58(39,68)59(69)19-16-34(27(3)61)57(40,59)9)77-41-21-35(62)48(28(4)73-41)80-42-22-36(70-10)49(29(5)74-42)81-43-23-37(71-11)50(30(6)75-43)82-55-47(66)52(72-12)51(31(7)76-55)83-54-46(65)45(64)44(63)38(25-60)78-54/h13-14,28-31,33-52,54-55,60,62-66,68-69H,15-25H2,1-12H3. The minimum absolute atomic E-state index is 0.101. The van der Waals surface area contributed by atoms with Crippen molar-refractivity contribution in [3.05, 3.63) is 23.3 Å². The van der Waals surface area contributed by atoms with Gasteiger partial charge in [-0.1, -0.05) is 31.6 Å². The van der Waals surface area contributed by atoms with E-state index in [1.54, 1.807) is 40.9 Å². The summed E-state index contributed by atoms with van der Waals surface area (Å²) in [6.45, 7) is 15.3. The maximum absolute atomic E-state index is 13.4. The predicted molar refractivity (Wildman–Crippen MR) is 287 cm³/mol. The van der Waals surface area contributed by atoms with Crippen LogP contribution in [0.3, 0.4) is 0 Å². The van der Waals surface area contributed by atoms with Crippen LogP contribution in [0.4, 0.5) is 0 Å². The van der Waals surface area contributed by atoms with E-state index < -0.39 is 188 Å². The van der Waals surface area contributed by atoms with Crippen LogP contribution in [-0.2, 0) is 75.9 Å². The molecule has 5 aliphatic heterocycles. The number of carbonyl (C=O) groups is 2. The molecular formula is C59H94O24. The van der Waals surface area contributed by atoms with Gasteiger partial charge >= 0.3 is 5.97 Å². The molecule has 0 spiro atoms. The smallest absolute Gasteiger partial charge is 0.333 e. The number of aliphatic hydroxyl groups is 8. The molecule has 24 heteroatoms. The van der Waals surface area contributed by atoms with Gasteiger partial charge in [0.05, 0.1) is 55.4 Å². The molecule has 4 aliphatic carbocycles. The number of fused-ring (bicyclic) bond motifs is 5. The van der Waals surface area contributed by atoms with E-state index in [4.69, 9.17) is 66.3 Å². The SMILES string of the molecule is CC=C(C)C(=O)OC1CC2C3(C)CCC(OC4CC(O)C(OC5CC(OC)C(OC6CC(OC)C(OC7OC(C)C(OC8OC(CO)C(O)C(O)C8O)C(OC)C7O)C(C)O6)C(C)O5)C(C)O4)CC3=CCC2(O)C2(O)CCC(C(C)=O)C12C. The number of rotatable bonds is 17. The van der Waals surface area contributed by atoms with Crippen LogP contribution in [0.5, 0.6) is 0 Å². The Bertz CT molecular complexity index is 2290. The maximum Gasteiger partial charge on any atom is 0.333 e. The second kappa shape index (κ2) is 25.7. The Hall–Kier alpha value is -2.22. The van der Waals surface area contributed by atoms with Crippen molar-refractivity contribution >= 4 is 11.8 Å². The average molecular weight is 1190 g/mol. The molecule has 474 valence electrons. The van der Waals surface area contributed by atoms with Crippen molar-refractivity contribution in [1.82, 2.24) is 0 Å². The topological polar surface area (TPSA) is 325 Å². The normalized spacial score (nSPS) is 51.3. The highest BCUT2D eigenvalue weighted by Crippen LogP contribution is 2.70. The molecule has 24 nitrogen and oxygen atoms in total. The molecule has 30 atom stereocenters. The molecule has 0 amide bonds. The highest BCUT2D eigenvalue weighted by Gasteiger charge is 2.77. The summed E-state index contributed by atoms with van der Waals surface area (Å²) in [6.07, 6.45) is -15.7. The van der Waals surface area contributed by atoms with Gasteiger partial charge in [-0.25, -0.2) is 4.79 Å². The number of Topliss-reactive ketones (excluding diaryl/α,β-unsaturated/α-hetero) is 1. The minimum atomic E-state index is -1.69. The lowest BCUT2D eigenvalue weighted by molar-refractivity contribution is -0.374. The third kappa shape index (κ3) is 11.9. The van der Waals surface area contributed by atoms with Crippen LogP contribution in [0.15, 0.2) is 23.3 Å². The second-order valence-electron chi connectivity index (χ2n) is 25.4. The first-order valence-electron chi connectivity index (χ1n) is 29.8. The number of aliphatic hydroxyl groups excluding tert-OH is 6. The number of hydrogen-bond acceptors (Lipinski definition) is 24. The van der Waals surface area contributed by atoms with Crippen molar-refractivity contribution in [3.8, 4) is 0 Å². The van der Waals surface area contributed by atoms with E-state index in [9.17, 15) is 50.4 Å². The number of allylic oxidation sites excluding steroid dienone is 1. The molecule has 8 fully saturated rings. The molecule has 9 aliphatic rings. The molecule has 5 saturated heterocycles. The van der Waals surface area contributed by atoms with E-state index in [0.29, 0.717) is 31.3 Å². The summed E-state index contributed by atoms with van der Waals surface area (Å²) in [5.41, 5.74) is -3.53. The molecule has 83 heavy (non-hydrogen) atoms. The van der Waals surface area contributed by atoms with Gasteiger partial charge in [-0.3, -0.25) is 4.79 Å². The fourth-order valence-corrected chi connectivity index (χ4v) is 15.8. The third-order valence-electron chi connectivity index (χ3n) is 20.8. The molecule has 5 heterocycles. The minimum Gasteiger partial charge on any atom is -0.458 e. The zero-order valence-corrected chi connectivity index (χ0v) is 50.1. The lowest BCUT2D eigenvalue weighted by Gasteiger charge is -2.66. The molecule has 0 aromatic heterocycles. The van der Waals surface area contributed by atoms with Crippen LogP contribution < -0.4 is 0 Å². The Balaban J connectivity index is 0.767. The number of hydrogen-bond donors (Lipinski definition) is 8. The first-order valence-corrected chi connectivity index (χ1v) is 29.8. The number of methoxy groups -OCH3 is 3. The van der Waals surface area contributed by atoms with Gasteiger partial charge in [0.25, 0.3) is 0 Å². The number of esters is 1. The van der Waals surface area contributed by atoms with Crippen LogP contribution in [0.1, 0.15) is 127 Å². The van der Waals surface area contributed by atoms with Crippen molar-refractivity contribution in [2.45, 2.75) is 285 Å². The summed E-state index contributed by atoms with van der Waals surface area (Å²) in [7, 11) is 4.45. The molecule has 3 saturated carbocycles. The fourth-order valence-electron chi connectivity index (χ4n) is 15.8. The van der Waals surface area contributed by atoms with Crippen LogP contribution in [-0.4, -0.2) is 239 Å². The third-order valence-corrected chi connectivity index (χ3v) is 20.8.